The number of aliphatic hydroxyl groups excluding tert-OH is 1. The molecule has 2 amide bonds. The monoisotopic (exact) mass is 1370 g/mol. The summed E-state index contributed by atoms with van der Waals surface area (Å²) in [5.74, 6) is -0.879. The third-order valence-electron chi connectivity index (χ3n) is 4.38. The molecule has 1 aliphatic heterocycles. The Kier molecular flexibility index (Phi) is 512. The second-order valence-electron chi connectivity index (χ2n) is 7.65. The van der Waals surface area contributed by atoms with Crippen LogP contribution in [0.25, 0.3) is 0 Å². The van der Waals surface area contributed by atoms with E-state index in [1.807, 2.05) is 0 Å². The predicted molar refractivity (Wildman–Crippen MR) is 377 cm³/mol. The molecule has 1 heterocycles. The zero-order chi connectivity index (χ0) is 81.6. The molecule has 0 spiro atoms. The van der Waals surface area contributed by atoms with E-state index in [1.54, 1.807) is 6.92 Å². The van der Waals surface area contributed by atoms with Gasteiger partial charge in [0.2, 0.25) is 0 Å². The Morgan fingerprint density at radius 1 is 0.330 bits per heavy atom. The van der Waals surface area contributed by atoms with Gasteiger partial charge in [0.15, 0.2) is 0 Å². The van der Waals surface area contributed by atoms with Crippen molar-refractivity contribution in [1.82, 2.24) is 4.90 Å². The van der Waals surface area contributed by atoms with Crippen LogP contribution in [0.1, 0.15) is 39.0 Å². The fourth-order valence-electron chi connectivity index (χ4n) is 2.59. The first kappa shape index (κ1) is 161. The van der Waals surface area contributed by atoms with Crippen molar-refractivity contribution in [2.45, 2.75) is 39.0 Å². The van der Waals surface area contributed by atoms with Gasteiger partial charge in [0, 0.05) is 72.2 Å². The molecule has 1 unspecified atom stereocenters. The number of hydrogen-bond acceptors (Lipinski definition) is 29. The first-order valence-corrected chi connectivity index (χ1v) is 23.6. The van der Waals surface area contributed by atoms with Crippen LogP contribution in [0.3, 0.4) is 0 Å². The maximum absolute atomic E-state index is 12.2. The lowest BCUT2D eigenvalue weighted by Crippen LogP contribution is -2.31. The number of Topliss-reactive ketones (excluding diaryl/α,β-unsaturated/α-hetero) is 1. The molecular weight excluding hydrogens is 1250 g/mol. The smallest absolute Gasteiger partial charge is 0.253 e. The Morgan fingerprint density at radius 2 is 0.521 bits per heavy atom. The summed E-state index contributed by atoms with van der Waals surface area (Å²) in [5.41, 5.74) is -1.03. The van der Waals surface area contributed by atoms with Gasteiger partial charge < -0.3 is 5.11 Å². The predicted octanol–water partition coefficient (Wildman–Crippen LogP) is 18.7. The molecule has 0 aromatic carbocycles. The van der Waals surface area contributed by atoms with Gasteiger partial charge >= 0.3 is 0 Å². The van der Waals surface area contributed by atoms with Crippen LogP contribution in [-0.4, -0.2) is 54.5 Å². The molecule has 0 aliphatic carbocycles. The summed E-state index contributed by atoms with van der Waals surface area (Å²) in [7, 11) is 1.08. The Hall–Kier alpha value is -8.73. The standard InChI is InChI=1S/C16H25NO29.24C2H4/c1-16(11-18,10-13(19)6-4-3-5-9-17-14(20)7-8-15(17)21)12-23-25-27-29-31-33-35-37-39-41-43-45-46-44-42-40-38-36-34-32-30-28-26-24-22-2;24*1-2/h7-8,18H,3-6,9-12H2,1-2H3;24*1-2H2. The first-order valence-electron chi connectivity index (χ1n) is 23.6. The fourth-order valence-corrected chi connectivity index (χ4v) is 2.59. The maximum atomic E-state index is 12.2. The summed E-state index contributed by atoms with van der Waals surface area (Å²) in [6.45, 7) is 145. The second-order valence-corrected chi connectivity index (χ2v) is 7.65. The van der Waals surface area contributed by atoms with E-state index in [9.17, 15) is 19.5 Å². The van der Waals surface area contributed by atoms with Gasteiger partial charge in [-0.25, -0.2) is 9.78 Å². The van der Waals surface area contributed by atoms with Crippen LogP contribution in [0.5, 0.6) is 0 Å². The van der Waals surface area contributed by atoms with Crippen LogP contribution < -0.4 is 0 Å². The highest BCUT2D eigenvalue weighted by molar-refractivity contribution is 6.12. The highest BCUT2D eigenvalue weighted by Gasteiger charge is 2.28. The van der Waals surface area contributed by atoms with Gasteiger partial charge in [0.05, 0.1) is 20.3 Å². The van der Waals surface area contributed by atoms with Gasteiger partial charge in [-0.3, -0.25) is 19.3 Å². The second kappa shape index (κ2) is 298. The number of rotatable bonds is 35. The van der Waals surface area contributed by atoms with Crippen LogP contribution in [-0.2, 0) is 140 Å². The van der Waals surface area contributed by atoms with Crippen LogP contribution in [0, 0.1) is 5.41 Å². The van der Waals surface area contributed by atoms with E-state index in [2.05, 4.69) is 441 Å². The lowest BCUT2D eigenvalue weighted by atomic mass is 9.85. The van der Waals surface area contributed by atoms with E-state index in [1.165, 1.54) is 12.2 Å². The number of imide groups is 1. The van der Waals surface area contributed by atoms with E-state index in [-0.39, 0.29) is 43.6 Å². The Morgan fingerprint density at radius 3 is 0.713 bits per heavy atom. The van der Waals surface area contributed by atoms with Crippen molar-refractivity contribution in [3.63, 3.8) is 0 Å². The Balaban J connectivity index is -0.0000000388. The minimum absolute atomic E-state index is 0.0571. The van der Waals surface area contributed by atoms with E-state index in [4.69, 9.17) is 0 Å². The Labute approximate surface area is 565 Å². The SMILES string of the molecule is C=C.C=C.C=C.C=C.C=C.C=C.C=C.C=C.C=C.C=C.C=C.C=C.C=C.C=C.C=C.C=C.C=C.C=C.C=C.C=C.C=C.C=C.C=C.C=C.COOOOOOOOOOOOOOOOOOOOOOOOOCC(C)(CO)CC(=O)CCCCCN1C(=O)C=CC1=O. The lowest BCUT2D eigenvalue weighted by Gasteiger charge is -2.24. The van der Waals surface area contributed by atoms with Crippen molar-refractivity contribution < 1.29 is 145 Å². The molecule has 30 nitrogen and oxygen atoms in total. The minimum atomic E-state index is -1.03. The van der Waals surface area contributed by atoms with Crippen molar-refractivity contribution in [3.05, 3.63) is 328 Å². The molecule has 0 saturated carbocycles. The summed E-state index contributed by atoms with van der Waals surface area (Å²) in [4.78, 5) is 44.9. The van der Waals surface area contributed by atoms with Gasteiger partial charge in [0.25, 0.3) is 11.8 Å². The molecule has 0 saturated heterocycles. The third-order valence-corrected chi connectivity index (χ3v) is 4.38. The van der Waals surface area contributed by atoms with Gasteiger partial charge in [0.1, 0.15) is 5.78 Å². The molecular formula is C64H121NO29. The van der Waals surface area contributed by atoms with Crippen molar-refractivity contribution in [2.24, 2.45) is 5.41 Å². The van der Waals surface area contributed by atoms with Crippen LogP contribution in [0.2, 0.25) is 0 Å². The number of amides is 2. The number of carbonyl (C=O) groups is 3. The van der Waals surface area contributed by atoms with Gasteiger partial charge in [-0.05, 0) is 93.5 Å². The van der Waals surface area contributed by atoms with Crippen molar-refractivity contribution in [1.29, 1.82) is 0 Å². The van der Waals surface area contributed by atoms with Crippen molar-refractivity contribution in [2.75, 3.05) is 26.9 Å². The lowest BCUT2D eigenvalue weighted by molar-refractivity contribution is -0.900. The van der Waals surface area contributed by atoms with E-state index in [0.29, 0.717) is 19.3 Å². The Bertz CT molecular complexity index is 1100. The quantitative estimate of drug-likeness (QED) is 0.0203. The number of unbranched alkanes of at least 4 members (excludes halogenated alkanes) is 2. The largest absolute Gasteiger partial charge is 0.396 e. The maximum Gasteiger partial charge on any atom is 0.253 e. The minimum Gasteiger partial charge on any atom is -0.396 e. The molecule has 30 heteroatoms. The summed E-state index contributed by atoms with van der Waals surface area (Å²) in [6, 6.07) is 0. The van der Waals surface area contributed by atoms with Crippen LogP contribution in [0.4, 0.5) is 0 Å². The molecule has 1 N–H and O–H groups in total. The van der Waals surface area contributed by atoms with Gasteiger partial charge in [-0.15, -0.1) is 316 Å². The summed E-state index contributed by atoms with van der Waals surface area (Å²) in [5, 5.41) is 93.4. The van der Waals surface area contributed by atoms with E-state index >= 15 is 0 Å². The van der Waals surface area contributed by atoms with Crippen LogP contribution >= 0.6 is 0 Å². The molecule has 94 heavy (non-hydrogen) atoms. The highest BCUT2D eigenvalue weighted by atomic mass is 18.0. The molecule has 0 bridgehead atoms. The number of carbonyl (C=O) groups excluding carboxylic acids is 3. The van der Waals surface area contributed by atoms with Crippen molar-refractivity contribution >= 4 is 17.6 Å². The molecule has 0 fully saturated rings. The molecule has 1 rings (SSSR count). The van der Waals surface area contributed by atoms with Crippen LogP contribution in [0.15, 0.2) is 328 Å². The summed E-state index contributed by atoms with van der Waals surface area (Å²) < 4.78 is 0. The summed E-state index contributed by atoms with van der Waals surface area (Å²) >= 11 is 0. The zero-order valence-corrected chi connectivity index (χ0v) is 57.1. The van der Waals surface area contributed by atoms with E-state index < -0.39 is 12.0 Å². The first-order chi connectivity index (χ1) is 46.4. The third kappa shape index (κ3) is 242. The topological polar surface area (TPSA) is 305 Å². The number of hydrogen-bond donors (Lipinski definition) is 1. The van der Waals surface area contributed by atoms with Gasteiger partial charge in [-0.1, -0.05) is 13.3 Å². The fraction of sp³-hybridized carbons (Fsp3) is 0.172. The van der Waals surface area contributed by atoms with Crippen molar-refractivity contribution in [3.8, 4) is 0 Å². The number of ketones is 1. The molecule has 556 valence electrons. The molecule has 0 aromatic rings. The van der Waals surface area contributed by atoms with Gasteiger partial charge in [-0.2, -0.15) is 0 Å². The normalized spacial score (nSPS) is 8.10. The summed E-state index contributed by atoms with van der Waals surface area (Å²) in [6.07, 6.45) is 4.25. The molecule has 1 aliphatic rings. The highest BCUT2D eigenvalue weighted by Crippen LogP contribution is 2.23. The average Bonchev–Trinajstić information content (AvgIpc) is 1.76. The van der Waals surface area contributed by atoms with E-state index in [0.717, 1.165) is 12.0 Å². The number of nitrogens with zero attached hydrogens (tertiary/aromatic N) is 1. The zero-order valence-electron chi connectivity index (χ0n) is 57.1. The molecule has 0 radical (unpaired) electrons. The molecule has 1 atom stereocenters. The average molecular weight is 1370 g/mol. The molecule has 0 aromatic heterocycles. The number of aliphatic hydroxyl groups is 1.